The molecule has 0 fully saturated rings. The first-order valence-corrected chi connectivity index (χ1v) is 8.81. The number of hydrogen-bond acceptors (Lipinski definition) is 4. The van der Waals surface area contributed by atoms with Crippen LogP contribution in [0.3, 0.4) is 0 Å². The van der Waals surface area contributed by atoms with Gasteiger partial charge in [0.05, 0.1) is 20.6 Å². The number of nitrogens with one attached hydrogen (secondary N) is 1. The fourth-order valence-corrected chi connectivity index (χ4v) is 2.84. The first-order chi connectivity index (χ1) is 13.6. The second-order valence-corrected chi connectivity index (χ2v) is 6.19. The lowest BCUT2D eigenvalue weighted by Gasteiger charge is -2.10. The molecule has 0 aromatic heterocycles. The molecule has 3 rings (SSSR count). The number of ketones is 1. The number of anilines is 1. The molecule has 28 heavy (non-hydrogen) atoms. The molecule has 1 N–H and O–H groups in total. The molecule has 1 amide bonds. The average Bonchev–Trinajstić information content (AvgIpc) is 2.74. The van der Waals surface area contributed by atoms with Gasteiger partial charge in [-0.3, -0.25) is 9.59 Å². The summed E-state index contributed by atoms with van der Waals surface area (Å²) in [6, 6.07) is 21.3. The lowest BCUT2D eigenvalue weighted by Crippen LogP contribution is -2.14. The minimum absolute atomic E-state index is 0.0520. The van der Waals surface area contributed by atoms with E-state index >= 15 is 0 Å². The number of carbonyl (C=O) groups is 2. The number of amides is 1. The summed E-state index contributed by atoms with van der Waals surface area (Å²) >= 11 is 0. The molecule has 0 unspecified atom stereocenters. The smallest absolute Gasteiger partial charge is 0.228 e. The molecular formula is C23H21NO4. The third-order valence-electron chi connectivity index (χ3n) is 4.28. The number of ether oxygens (including phenoxy) is 2. The molecule has 0 radical (unpaired) electrons. The van der Waals surface area contributed by atoms with Crippen LogP contribution in [-0.4, -0.2) is 25.9 Å². The van der Waals surface area contributed by atoms with Crippen LogP contribution < -0.4 is 14.8 Å². The molecule has 0 aliphatic carbocycles. The topological polar surface area (TPSA) is 64.6 Å². The zero-order valence-electron chi connectivity index (χ0n) is 15.8. The van der Waals surface area contributed by atoms with Crippen molar-refractivity contribution < 1.29 is 19.1 Å². The Morgan fingerprint density at radius 3 is 2.07 bits per heavy atom. The lowest BCUT2D eigenvalue weighted by atomic mass is 10.0. The molecule has 3 aromatic carbocycles. The summed E-state index contributed by atoms with van der Waals surface area (Å²) in [4.78, 5) is 24.8. The van der Waals surface area contributed by atoms with Gasteiger partial charge in [-0.1, -0.05) is 36.4 Å². The van der Waals surface area contributed by atoms with Gasteiger partial charge in [0.15, 0.2) is 17.3 Å². The summed E-state index contributed by atoms with van der Waals surface area (Å²) in [5.74, 6) is 0.986. The van der Waals surface area contributed by atoms with E-state index in [0.717, 1.165) is 5.56 Å². The Morgan fingerprint density at radius 1 is 0.786 bits per heavy atom. The van der Waals surface area contributed by atoms with Gasteiger partial charge in [0.1, 0.15) is 0 Å². The summed E-state index contributed by atoms with van der Waals surface area (Å²) < 4.78 is 10.5. The number of benzene rings is 3. The molecule has 0 atom stereocenters. The molecule has 0 saturated heterocycles. The van der Waals surface area contributed by atoms with Gasteiger partial charge in [-0.25, -0.2) is 0 Å². The van der Waals surface area contributed by atoms with Crippen LogP contribution in [0.25, 0.3) is 0 Å². The Morgan fingerprint density at radius 2 is 1.43 bits per heavy atom. The van der Waals surface area contributed by atoms with Gasteiger partial charge < -0.3 is 14.8 Å². The maximum absolute atomic E-state index is 12.4. The van der Waals surface area contributed by atoms with Gasteiger partial charge in [-0.2, -0.15) is 0 Å². The molecule has 0 aliphatic rings. The minimum atomic E-state index is -0.158. The minimum Gasteiger partial charge on any atom is -0.493 e. The predicted molar refractivity (Wildman–Crippen MR) is 108 cm³/mol. The monoisotopic (exact) mass is 375 g/mol. The van der Waals surface area contributed by atoms with Crippen molar-refractivity contribution in [3.63, 3.8) is 0 Å². The first-order valence-electron chi connectivity index (χ1n) is 8.81. The van der Waals surface area contributed by atoms with Crippen molar-refractivity contribution >= 4 is 17.4 Å². The SMILES string of the molecule is COc1ccc(CC(=O)Nc2ccc(C(=O)c3ccccc3)cc2)cc1OC. The van der Waals surface area contributed by atoms with Crippen LogP contribution >= 0.6 is 0 Å². The maximum Gasteiger partial charge on any atom is 0.228 e. The second kappa shape index (κ2) is 8.86. The van der Waals surface area contributed by atoms with E-state index in [4.69, 9.17) is 9.47 Å². The highest BCUT2D eigenvalue weighted by Gasteiger charge is 2.11. The second-order valence-electron chi connectivity index (χ2n) is 6.19. The van der Waals surface area contributed by atoms with E-state index in [1.165, 1.54) is 0 Å². The van der Waals surface area contributed by atoms with Gasteiger partial charge in [-0.05, 0) is 42.0 Å². The molecule has 0 saturated carbocycles. The van der Waals surface area contributed by atoms with E-state index in [2.05, 4.69) is 5.32 Å². The first kappa shape index (κ1) is 19.2. The van der Waals surface area contributed by atoms with Crippen LogP contribution in [-0.2, 0) is 11.2 Å². The van der Waals surface area contributed by atoms with Gasteiger partial charge in [0.25, 0.3) is 0 Å². The van der Waals surface area contributed by atoms with Crippen molar-refractivity contribution in [2.75, 3.05) is 19.5 Å². The van der Waals surface area contributed by atoms with E-state index in [9.17, 15) is 9.59 Å². The Kier molecular flexibility index (Phi) is 6.07. The standard InChI is InChI=1S/C23H21NO4/c1-27-20-13-8-16(14-21(20)28-2)15-22(25)24-19-11-9-18(10-12-19)23(26)17-6-4-3-5-7-17/h3-14H,15H2,1-2H3,(H,24,25). The van der Waals surface area contributed by atoms with Crippen LogP contribution in [0.15, 0.2) is 72.8 Å². The highest BCUT2D eigenvalue weighted by Crippen LogP contribution is 2.27. The van der Waals surface area contributed by atoms with Crippen LogP contribution in [0.1, 0.15) is 21.5 Å². The van der Waals surface area contributed by atoms with Crippen LogP contribution in [0.5, 0.6) is 11.5 Å². The van der Waals surface area contributed by atoms with Crippen molar-refractivity contribution in [3.05, 3.63) is 89.5 Å². The van der Waals surface area contributed by atoms with Crippen molar-refractivity contribution in [2.24, 2.45) is 0 Å². The molecule has 3 aromatic rings. The summed E-state index contributed by atoms with van der Waals surface area (Å²) in [5, 5.41) is 2.84. The van der Waals surface area contributed by atoms with Crippen molar-refractivity contribution in [1.29, 1.82) is 0 Å². The highest BCUT2D eigenvalue weighted by molar-refractivity contribution is 6.09. The Labute approximate surface area is 163 Å². The summed E-state index contributed by atoms with van der Waals surface area (Å²) in [6.07, 6.45) is 0.199. The van der Waals surface area contributed by atoms with Crippen LogP contribution in [0.2, 0.25) is 0 Å². The molecule has 5 nitrogen and oxygen atoms in total. The van der Waals surface area contributed by atoms with Gasteiger partial charge in [0, 0.05) is 16.8 Å². The van der Waals surface area contributed by atoms with Crippen molar-refractivity contribution in [1.82, 2.24) is 0 Å². The summed E-state index contributed by atoms with van der Waals surface area (Å²) in [7, 11) is 3.12. The number of carbonyl (C=O) groups excluding carboxylic acids is 2. The van der Waals surface area contributed by atoms with Crippen LogP contribution in [0.4, 0.5) is 5.69 Å². The Hall–Kier alpha value is -3.60. The fourth-order valence-electron chi connectivity index (χ4n) is 2.84. The van der Waals surface area contributed by atoms with E-state index in [1.54, 1.807) is 62.8 Å². The van der Waals surface area contributed by atoms with E-state index in [-0.39, 0.29) is 18.1 Å². The molecular weight excluding hydrogens is 354 g/mol. The van der Waals surface area contributed by atoms with Gasteiger partial charge >= 0.3 is 0 Å². The fraction of sp³-hybridized carbons (Fsp3) is 0.130. The zero-order chi connectivity index (χ0) is 19.9. The van der Waals surface area contributed by atoms with Crippen LogP contribution in [0, 0.1) is 0 Å². The normalized spacial score (nSPS) is 10.2. The highest BCUT2D eigenvalue weighted by atomic mass is 16.5. The number of methoxy groups -OCH3 is 2. The average molecular weight is 375 g/mol. The lowest BCUT2D eigenvalue weighted by molar-refractivity contribution is -0.115. The van der Waals surface area contributed by atoms with Crippen molar-refractivity contribution in [3.8, 4) is 11.5 Å². The Bertz CT molecular complexity index is 966. The molecule has 0 bridgehead atoms. The van der Waals surface area contributed by atoms with E-state index < -0.39 is 0 Å². The van der Waals surface area contributed by atoms with Gasteiger partial charge in [-0.15, -0.1) is 0 Å². The van der Waals surface area contributed by atoms with Gasteiger partial charge in [0.2, 0.25) is 5.91 Å². The predicted octanol–water partition coefficient (Wildman–Crippen LogP) is 4.12. The third-order valence-corrected chi connectivity index (χ3v) is 4.28. The third kappa shape index (κ3) is 4.57. The molecule has 5 heteroatoms. The molecule has 0 spiro atoms. The molecule has 142 valence electrons. The maximum atomic E-state index is 12.4. The summed E-state index contributed by atoms with van der Waals surface area (Å²) in [5.41, 5.74) is 2.65. The molecule has 0 aliphatic heterocycles. The molecule has 0 heterocycles. The number of hydrogen-bond donors (Lipinski definition) is 1. The Balaban J connectivity index is 1.64. The number of rotatable bonds is 7. The van der Waals surface area contributed by atoms with E-state index in [1.807, 2.05) is 24.3 Å². The summed E-state index contributed by atoms with van der Waals surface area (Å²) in [6.45, 7) is 0. The zero-order valence-corrected chi connectivity index (χ0v) is 15.8. The quantitative estimate of drug-likeness (QED) is 0.631. The van der Waals surface area contributed by atoms with Crippen molar-refractivity contribution in [2.45, 2.75) is 6.42 Å². The largest absolute Gasteiger partial charge is 0.493 e. The van der Waals surface area contributed by atoms with E-state index in [0.29, 0.717) is 28.3 Å².